The summed E-state index contributed by atoms with van der Waals surface area (Å²) in [4.78, 5) is 18.9. The maximum atomic E-state index is 11.6. The van der Waals surface area contributed by atoms with E-state index in [-0.39, 0.29) is 0 Å². The van der Waals surface area contributed by atoms with E-state index in [9.17, 15) is 14.4 Å². The van der Waals surface area contributed by atoms with Gasteiger partial charge in [-0.25, -0.2) is 4.57 Å². The third kappa shape index (κ3) is 3.32. The van der Waals surface area contributed by atoms with Crippen LogP contribution in [0.5, 0.6) is 0 Å². The van der Waals surface area contributed by atoms with E-state index in [1.807, 2.05) is 71.9 Å². The predicted octanol–water partition coefficient (Wildman–Crippen LogP) is 4.08. The van der Waals surface area contributed by atoms with E-state index < -0.39 is 24.3 Å². The van der Waals surface area contributed by atoms with Crippen LogP contribution >= 0.6 is 7.82 Å². The molecule has 0 aliphatic carbocycles. The molecule has 0 aromatic heterocycles. The monoisotopic (exact) mass is 300 g/mol. The van der Waals surface area contributed by atoms with Gasteiger partial charge in [0, 0.05) is 0 Å². The molecule has 0 aliphatic heterocycles. The van der Waals surface area contributed by atoms with Gasteiger partial charge in [-0.05, 0) is 16.4 Å². The second-order valence-electron chi connectivity index (χ2n) is 7.13. The standard InChI is InChI=1S/C15H25O4P/c1-13(2,3)15(14(4,5)6,19-20(16,17)18)12-10-8-7-9-11-12/h7-11H,1-6H3,(H2,16,17,18). The van der Waals surface area contributed by atoms with Crippen molar-refractivity contribution >= 4 is 7.82 Å². The van der Waals surface area contributed by atoms with Crippen molar-refractivity contribution in [2.75, 3.05) is 0 Å². The van der Waals surface area contributed by atoms with Crippen LogP contribution in [0.4, 0.5) is 0 Å². The van der Waals surface area contributed by atoms with Crippen LogP contribution in [0.15, 0.2) is 30.3 Å². The first kappa shape index (κ1) is 17.4. The second kappa shape index (κ2) is 5.27. The van der Waals surface area contributed by atoms with E-state index in [1.165, 1.54) is 0 Å². The van der Waals surface area contributed by atoms with Gasteiger partial charge in [0.15, 0.2) is 0 Å². The third-order valence-electron chi connectivity index (χ3n) is 3.55. The first-order chi connectivity index (χ1) is 8.81. The van der Waals surface area contributed by atoms with Gasteiger partial charge >= 0.3 is 7.82 Å². The Morgan fingerprint density at radius 1 is 0.900 bits per heavy atom. The molecule has 0 unspecified atom stereocenters. The van der Waals surface area contributed by atoms with Crippen molar-refractivity contribution in [3.8, 4) is 0 Å². The second-order valence-corrected chi connectivity index (χ2v) is 8.29. The van der Waals surface area contributed by atoms with Crippen molar-refractivity contribution in [2.24, 2.45) is 10.8 Å². The summed E-state index contributed by atoms with van der Waals surface area (Å²) in [5, 5.41) is 0. The Labute approximate surface area is 121 Å². The molecule has 5 heteroatoms. The predicted molar refractivity (Wildman–Crippen MR) is 80.2 cm³/mol. The lowest BCUT2D eigenvalue weighted by Crippen LogP contribution is -2.51. The lowest BCUT2D eigenvalue weighted by atomic mass is 9.59. The summed E-state index contributed by atoms with van der Waals surface area (Å²) < 4.78 is 17.0. The maximum absolute atomic E-state index is 11.6. The van der Waals surface area contributed by atoms with Crippen molar-refractivity contribution in [1.29, 1.82) is 0 Å². The molecule has 0 bridgehead atoms. The van der Waals surface area contributed by atoms with Crippen molar-refractivity contribution in [3.05, 3.63) is 35.9 Å². The zero-order valence-electron chi connectivity index (χ0n) is 13.0. The molecule has 20 heavy (non-hydrogen) atoms. The lowest BCUT2D eigenvalue weighted by Gasteiger charge is -2.52. The maximum Gasteiger partial charge on any atom is 0.470 e. The number of benzene rings is 1. The molecule has 0 atom stereocenters. The van der Waals surface area contributed by atoms with Crippen molar-refractivity contribution in [2.45, 2.75) is 47.1 Å². The van der Waals surface area contributed by atoms with E-state index >= 15 is 0 Å². The Morgan fingerprint density at radius 3 is 1.60 bits per heavy atom. The van der Waals surface area contributed by atoms with E-state index in [0.29, 0.717) is 0 Å². The van der Waals surface area contributed by atoms with Crippen molar-refractivity contribution in [1.82, 2.24) is 0 Å². The number of phosphoric ester groups is 1. The number of rotatable bonds is 3. The van der Waals surface area contributed by atoms with Crippen LogP contribution in [0.2, 0.25) is 0 Å². The largest absolute Gasteiger partial charge is 0.470 e. The highest BCUT2D eigenvalue weighted by Gasteiger charge is 2.56. The highest BCUT2D eigenvalue weighted by Crippen LogP contribution is 2.60. The molecule has 0 aliphatic rings. The highest BCUT2D eigenvalue weighted by atomic mass is 31.2. The van der Waals surface area contributed by atoms with Gasteiger partial charge in [-0.3, -0.25) is 4.52 Å². The fourth-order valence-corrected chi connectivity index (χ4v) is 4.18. The Morgan fingerprint density at radius 2 is 1.30 bits per heavy atom. The minimum atomic E-state index is -4.65. The van der Waals surface area contributed by atoms with Crippen LogP contribution in [-0.2, 0) is 14.7 Å². The number of phosphoric acid groups is 1. The van der Waals surface area contributed by atoms with Gasteiger partial charge in [-0.2, -0.15) is 0 Å². The quantitative estimate of drug-likeness (QED) is 0.825. The molecule has 0 radical (unpaired) electrons. The summed E-state index contributed by atoms with van der Waals surface area (Å²) in [6, 6.07) is 9.28. The zero-order valence-corrected chi connectivity index (χ0v) is 13.9. The first-order valence-corrected chi connectivity index (χ1v) is 8.16. The molecule has 4 nitrogen and oxygen atoms in total. The van der Waals surface area contributed by atoms with Crippen LogP contribution in [-0.4, -0.2) is 9.79 Å². The lowest BCUT2D eigenvalue weighted by molar-refractivity contribution is -0.135. The Hall–Kier alpha value is -0.670. The van der Waals surface area contributed by atoms with E-state index in [2.05, 4.69) is 0 Å². The summed E-state index contributed by atoms with van der Waals surface area (Å²) in [6.07, 6.45) is 0. The fourth-order valence-electron chi connectivity index (χ4n) is 3.17. The van der Waals surface area contributed by atoms with Crippen molar-refractivity contribution in [3.63, 3.8) is 0 Å². The average Bonchev–Trinajstić information content (AvgIpc) is 2.22. The molecule has 0 spiro atoms. The summed E-state index contributed by atoms with van der Waals surface area (Å²) in [7, 11) is -4.65. The van der Waals surface area contributed by atoms with Crippen LogP contribution in [0, 0.1) is 10.8 Å². The average molecular weight is 300 g/mol. The summed E-state index contributed by atoms with van der Waals surface area (Å²) >= 11 is 0. The molecular formula is C15H25O4P. The van der Waals surface area contributed by atoms with Gasteiger partial charge in [0.25, 0.3) is 0 Å². The summed E-state index contributed by atoms with van der Waals surface area (Å²) in [6.45, 7) is 11.6. The van der Waals surface area contributed by atoms with E-state index in [4.69, 9.17) is 4.52 Å². The molecule has 0 amide bonds. The van der Waals surface area contributed by atoms with Crippen LogP contribution in [0.3, 0.4) is 0 Å². The highest BCUT2D eigenvalue weighted by molar-refractivity contribution is 7.46. The molecule has 0 fully saturated rings. The fraction of sp³-hybridized carbons (Fsp3) is 0.600. The Balaban J connectivity index is 3.65. The van der Waals surface area contributed by atoms with Gasteiger partial charge < -0.3 is 9.79 Å². The minimum absolute atomic E-state index is 0.506. The summed E-state index contributed by atoms with van der Waals surface area (Å²) in [5.74, 6) is 0. The Bertz CT molecular complexity index is 477. The smallest absolute Gasteiger partial charge is 0.303 e. The van der Waals surface area contributed by atoms with Crippen LogP contribution in [0.25, 0.3) is 0 Å². The SMILES string of the molecule is CC(C)(C)C(OP(=O)(O)O)(c1ccccc1)C(C)(C)C. The molecule has 1 aromatic rings. The van der Waals surface area contributed by atoms with Crippen molar-refractivity contribution < 1.29 is 18.9 Å². The summed E-state index contributed by atoms with van der Waals surface area (Å²) in [5.41, 5.74) is -1.36. The zero-order chi connectivity index (χ0) is 15.8. The van der Waals surface area contributed by atoms with E-state index in [0.717, 1.165) is 5.56 Å². The Kier molecular flexibility index (Phi) is 4.58. The molecular weight excluding hydrogens is 275 g/mol. The van der Waals surface area contributed by atoms with Gasteiger partial charge in [0.05, 0.1) is 0 Å². The van der Waals surface area contributed by atoms with E-state index in [1.54, 1.807) is 0 Å². The first-order valence-electron chi connectivity index (χ1n) is 6.63. The minimum Gasteiger partial charge on any atom is -0.303 e. The topological polar surface area (TPSA) is 66.8 Å². The van der Waals surface area contributed by atoms with Crippen LogP contribution < -0.4 is 0 Å². The van der Waals surface area contributed by atoms with Gasteiger partial charge in [0.2, 0.25) is 0 Å². The molecule has 0 saturated heterocycles. The van der Waals surface area contributed by atoms with Gasteiger partial charge in [-0.1, -0.05) is 71.9 Å². The molecule has 1 aromatic carbocycles. The molecule has 0 heterocycles. The molecule has 0 saturated carbocycles. The number of hydrogen-bond acceptors (Lipinski definition) is 2. The molecule has 114 valence electrons. The van der Waals surface area contributed by atoms with Gasteiger partial charge in [0.1, 0.15) is 5.60 Å². The third-order valence-corrected chi connectivity index (χ3v) is 4.06. The molecule has 1 rings (SSSR count). The van der Waals surface area contributed by atoms with Crippen LogP contribution in [0.1, 0.15) is 47.1 Å². The van der Waals surface area contributed by atoms with Gasteiger partial charge in [-0.15, -0.1) is 0 Å². The normalized spacial score (nSPS) is 14.4. The molecule has 2 N–H and O–H groups in total. The number of hydrogen-bond donors (Lipinski definition) is 2.